The average molecular weight is 359 g/mol. The summed E-state index contributed by atoms with van der Waals surface area (Å²) >= 11 is 3.44. The van der Waals surface area contributed by atoms with Crippen molar-refractivity contribution in [2.24, 2.45) is 0 Å². The van der Waals surface area contributed by atoms with Gasteiger partial charge in [-0.1, -0.05) is 79.3 Å². The highest BCUT2D eigenvalue weighted by Crippen LogP contribution is 2.09. The van der Waals surface area contributed by atoms with Crippen molar-refractivity contribution in [2.45, 2.75) is 90.1 Å². The quantitative estimate of drug-likeness (QED) is 0.199. The summed E-state index contributed by atoms with van der Waals surface area (Å²) in [5, 5.41) is 10.8. The Morgan fingerprint density at radius 3 is 2.00 bits per heavy atom. The molecule has 0 aromatic rings. The van der Waals surface area contributed by atoms with Gasteiger partial charge in [0.2, 0.25) is 0 Å². The van der Waals surface area contributed by atoms with E-state index in [1.54, 1.807) is 0 Å². The van der Waals surface area contributed by atoms with E-state index in [1.807, 2.05) is 6.08 Å². The molecule has 0 aliphatic heterocycles. The number of unbranched alkanes of at least 4 members (excludes halogenated alkanes) is 8. The van der Waals surface area contributed by atoms with Crippen LogP contribution in [0.3, 0.4) is 0 Å². The Labute approximate surface area is 141 Å². The highest BCUT2D eigenvalue weighted by molar-refractivity contribution is 9.09. The largest absolute Gasteiger partial charge is 0.389 e. The first kappa shape index (κ1) is 20.9. The molecule has 0 saturated carbocycles. The van der Waals surface area contributed by atoms with E-state index in [4.69, 9.17) is 0 Å². The predicted octanol–water partition coefficient (Wildman–Crippen LogP) is 6.56. The molecule has 1 atom stereocenters. The molecule has 21 heavy (non-hydrogen) atoms. The van der Waals surface area contributed by atoms with Gasteiger partial charge in [-0.3, -0.25) is 0 Å². The monoisotopic (exact) mass is 358 g/mol. The third-order valence-electron chi connectivity index (χ3n) is 3.62. The molecule has 0 aromatic carbocycles. The third-order valence-corrected chi connectivity index (χ3v) is 4.19. The SMILES string of the molecule is CCCC[C@@H](O)/C=C\CCCCCCC/C=C\CCCBr. The first-order valence-corrected chi connectivity index (χ1v) is 9.99. The van der Waals surface area contributed by atoms with Crippen LogP contribution in [0.25, 0.3) is 0 Å². The summed E-state index contributed by atoms with van der Waals surface area (Å²) in [4.78, 5) is 0. The van der Waals surface area contributed by atoms with Gasteiger partial charge in [-0.05, 0) is 44.9 Å². The Bertz CT molecular complexity index is 248. The van der Waals surface area contributed by atoms with Crippen molar-refractivity contribution in [3.8, 4) is 0 Å². The lowest BCUT2D eigenvalue weighted by molar-refractivity contribution is 0.209. The van der Waals surface area contributed by atoms with Crippen molar-refractivity contribution in [3.05, 3.63) is 24.3 Å². The molecule has 2 heteroatoms. The molecule has 0 radical (unpaired) electrons. The molecule has 0 unspecified atom stereocenters. The second kappa shape index (κ2) is 18.0. The fourth-order valence-corrected chi connectivity index (χ4v) is 2.57. The van der Waals surface area contributed by atoms with Crippen LogP contribution in [0.15, 0.2) is 24.3 Å². The summed E-state index contributed by atoms with van der Waals surface area (Å²) in [6, 6.07) is 0. The van der Waals surface area contributed by atoms with Gasteiger partial charge in [0.25, 0.3) is 0 Å². The standard InChI is InChI=1S/C19H35BrO/c1-2-3-16-19(21)17-14-12-10-8-6-4-5-7-9-11-13-15-18-20/h9,11,14,17,19,21H,2-8,10,12-13,15-16,18H2,1H3/b11-9-,17-14-/t19-/m1/s1. The number of hydrogen-bond acceptors (Lipinski definition) is 1. The summed E-state index contributed by atoms with van der Waals surface area (Å²) in [5.41, 5.74) is 0. The minimum absolute atomic E-state index is 0.221. The van der Waals surface area contributed by atoms with Gasteiger partial charge in [0.1, 0.15) is 0 Å². The molecule has 124 valence electrons. The van der Waals surface area contributed by atoms with Crippen molar-refractivity contribution in [1.29, 1.82) is 0 Å². The van der Waals surface area contributed by atoms with Crippen LogP contribution in [-0.2, 0) is 0 Å². The number of hydrogen-bond donors (Lipinski definition) is 1. The lowest BCUT2D eigenvalue weighted by Gasteiger charge is -2.03. The number of aliphatic hydroxyl groups excluding tert-OH is 1. The zero-order valence-corrected chi connectivity index (χ0v) is 15.5. The summed E-state index contributed by atoms with van der Waals surface area (Å²) in [6.45, 7) is 2.16. The van der Waals surface area contributed by atoms with Gasteiger partial charge >= 0.3 is 0 Å². The van der Waals surface area contributed by atoms with E-state index in [1.165, 1.54) is 51.4 Å². The highest BCUT2D eigenvalue weighted by atomic mass is 79.9. The Morgan fingerprint density at radius 2 is 1.38 bits per heavy atom. The maximum absolute atomic E-state index is 9.66. The van der Waals surface area contributed by atoms with Crippen LogP contribution < -0.4 is 0 Å². The fraction of sp³-hybridized carbons (Fsp3) is 0.789. The molecular formula is C19H35BrO. The van der Waals surface area contributed by atoms with Crippen molar-refractivity contribution >= 4 is 15.9 Å². The van der Waals surface area contributed by atoms with Crippen molar-refractivity contribution < 1.29 is 5.11 Å². The van der Waals surface area contributed by atoms with E-state index in [2.05, 4.69) is 41.1 Å². The molecule has 1 nitrogen and oxygen atoms in total. The molecular weight excluding hydrogens is 324 g/mol. The predicted molar refractivity (Wildman–Crippen MR) is 99.2 cm³/mol. The van der Waals surface area contributed by atoms with Crippen LogP contribution in [0, 0.1) is 0 Å². The van der Waals surface area contributed by atoms with E-state index >= 15 is 0 Å². The molecule has 0 spiro atoms. The molecule has 0 aromatic heterocycles. The van der Waals surface area contributed by atoms with Crippen LogP contribution in [0.2, 0.25) is 0 Å². The van der Waals surface area contributed by atoms with E-state index in [-0.39, 0.29) is 6.10 Å². The third kappa shape index (κ3) is 17.9. The van der Waals surface area contributed by atoms with Gasteiger partial charge in [0, 0.05) is 5.33 Å². The van der Waals surface area contributed by atoms with Gasteiger partial charge in [-0.2, -0.15) is 0 Å². The Morgan fingerprint density at radius 1 is 0.810 bits per heavy atom. The molecule has 0 aliphatic rings. The molecule has 0 bridgehead atoms. The van der Waals surface area contributed by atoms with Crippen LogP contribution in [0.1, 0.15) is 84.0 Å². The second-order valence-electron chi connectivity index (χ2n) is 5.79. The van der Waals surface area contributed by atoms with Gasteiger partial charge < -0.3 is 5.11 Å². The highest BCUT2D eigenvalue weighted by Gasteiger charge is 1.96. The van der Waals surface area contributed by atoms with Crippen molar-refractivity contribution in [2.75, 3.05) is 5.33 Å². The number of allylic oxidation sites excluding steroid dienone is 3. The van der Waals surface area contributed by atoms with Gasteiger partial charge in [-0.25, -0.2) is 0 Å². The van der Waals surface area contributed by atoms with E-state index < -0.39 is 0 Å². The Hall–Kier alpha value is -0.0800. The number of halogens is 1. The smallest absolute Gasteiger partial charge is 0.0720 e. The molecule has 0 heterocycles. The molecule has 0 amide bonds. The summed E-state index contributed by atoms with van der Waals surface area (Å²) in [5.74, 6) is 0. The lowest BCUT2D eigenvalue weighted by atomic mass is 10.1. The Kier molecular flexibility index (Phi) is 17.9. The first-order chi connectivity index (χ1) is 10.3. The zero-order valence-electron chi connectivity index (χ0n) is 13.9. The van der Waals surface area contributed by atoms with Gasteiger partial charge in [0.05, 0.1) is 6.10 Å². The molecule has 0 rings (SSSR count). The van der Waals surface area contributed by atoms with Crippen molar-refractivity contribution in [1.82, 2.24) is 0 Å². The fourth-order valence-electron chi connectivity index (χ4n) is 2.25. The molecule has 1 N–H and O–H groups in total. The summed E-state index contributed by atoms with van der Waals surface area (Å²) in [6.07, 6.45) is 23.2. The normalized spacial score (nSPS) is 13.5. The van der Waals surface area contributed by atoms with Crippen LogP contribution in [0.4, 0.5) is 0 Å². The average Bonchev–Trinajstić information content (AvgIpc) is 2.49. The van der Waals surface area contributed by atoms with E-state index in [0.29, 0.717) is 0 Å². The number of alkyl halides is 1. The van der Waals surface area contributed by atoms with Crippen LogP contribution >= 0.6 is 15.9 Å². The number of rotatable bonds is 15. The van der Waals surface area contributed by atoms with Crippen molar-refractivity contribution in [3.63, 3.8) is 0 Å². The van der Waals surface area contributed by atoms with Crippen LogP contribution in [-0.4, -0.2) is 16.5 Å². The second-order valence-corrected chi connectivity index (χ2v) is 6.58. The molecule has 0 fully saturated rings. The van der Waals surface area contributed by atoms with Gasteiger partial charge in [-0.15, -0.1) is 0 Å². The van der Waals surface area contributed by atoms with E-state index in [0.717, 1.165) is 31.0 Å². The maximum Gasteiger partial charge on any atom is 0.0720 e. The zero-order chi connectivity index (χ0) is 15.6. The first-order valence-electron chi connectivity index (χ1n) is 8.87. The molecule has 0 aliphatic carbocycles. The topological polar surface area (TPSA) is 20.2 Å². The van der Waals surface area contributed by atoms with Gasteiger partial charge in [0.15, 0.2) is 0 Å². The number of aliphatic hydroxyl groups is 1. The van der Waals surface area contributed by atoms with Crippen LogP contribution in [0.5, 0.6) is 0 Å². The maximum atomic E-state index is 9.66. The minimum atomic E-state index is -0.221. The summed E-state index contributed by atoms with van der Waals surface area (Å²) < 4.78 is 0. The summed E-state index contributed by atoms with van der Waals surface area (Å²) in [7, 11) is 0. The molecule has 0 saturated heterocycles. The minimum Gasteiger partial charge on any atom is -0.389 e. The lowest BCUT2D eigenvalue weighted by Crippen LogP contribution is -2.00. The van der Waals surface area contributed by atoms with E-state index in [9.17, 15) is 5.11 Å². The Balaban J connectivity index is 3.21.